The van der Waals surface area contributed by atoms with E-state index in [1.54, 1.807) is 13.8 Å². The third-order valence-corrected chi connectivity index (χ3v) is 4.42. The van der Waals surface area contributed by atoms with E-state index < -0.39 is 5.97 Å². The van der Waals surface area contributed by atoms with Crippen LogP contribution in [-0.4, -0.2) is 19.4 Å². The Balaban J connectivity index is 0.000000496. The van der Waals surface area contributed by atoms with Gasteiger partial charge in [0, 0.05) is 25.5 Å². The Morgan fingerprint density at radius 1 is 1.32 bits per heavy atom. The summed E-state index contributed by atoms with van der Waals surface area (Å²) in [5, 5.41) is 0. The van der Waals surface area contributed by atoms with Gasteiger partial charge in [0.25, 0.3) is 0 Å². The van der Waals surface area contributed by atoms with Crippen molar-refractivity contribution >= 4 is 17.9 Å². The Kier molecular flexibility index (Phi) is 12.8. The first-order valence-electron chi connectivity index (χ1n) is 9.99. The molecule has 160 valence electrons. The van der Waals surface area contributed by atoms with E-state index >= 15 is 0 Å². The van der Waals surface area contributed by atoms with Crippen LogP contribution in [-0.2, 0) is 16.1 Å². The van der Waals surface area contributed by atoms with Gasteiger partial charge < -0.3 is 9.53 Å². The van der Waals surface area contributed by atoms with Gasteiger partial charge in [-0.1, -0.05) is 53.9 Å². The largest absolute Gasteiger partial charge is 0.380 e. The Labute approximate surface area is 169 Å². The first-order chi connectivity index (χ1) is 13.1. The molecule has 3 nitrogen and oxygen atoms in total. The fraction of sp³-hybridized carbons (Fsp3) is 0.652. The smallest absolute Gasteiger partial charge is 0.189 e. The predicted octanol–water partition coefficient (Wildman–Crippen LogP) is 7.12. The number of benzene rings is 1. The fourth-order valence-corrected chi connectivity index (χ4v) is 2.23. The van der Waals surface area contributed by atoms with Crippen LogP contribution in [0.25, 0.3) is 0 Å². The number of halogens is 2. The molecule has 0 heterocycles. The van der Waals surface area contributed by atoms with Crippen molar-refractivity contribution in [1.29, 1.82) is 0 Å². The number of hydrogen-bond donors (Lipinski definition) is 0. The number of aliphatic imine (C=N–C) groups is 1. The lowest BCUT2D eigenvalue weighted by atomic mass is 9.88. The topological polar surface area (TPSA) is 38.7 Å². The van der Waals surface area contributed by atoms with Crippen molar-refractivity contribution in [2.75, 3.05) is 7.11 Å². The third-order valence-electron chi connectivity index (χ3n) is 4.42. The number of nitrogens with zero attached hydrogens (tertiary/aromatic N) is 1. The molecule has 0 N–H and O–H groups in total. The average molecular weight is 398 g/mol. The number of rotatable bonds is 5. The van der Waals surface area contributed by atoms with Crippen molar-refractivity contribution in [2.24, 2.45) is 16.3 Å². The molecule has 0 amide bonds. The molecule has 1 aromatic carbocycles. The van der Waals surface area contributed by atoms with Gasteiger partial charge in [0.2, 0.25) is 0 Å². The van der Waals surface area contributed by atoms with Crippen LogP contribution in [0.5, 0.6) is 0 Å². The van der Waals surface area contributed by atoms with Crippen LogP contribution >= 0.6 is 0 Å². The second-order valence-electron chi connectivity index (χ2n) is 8.41. The van der Waals surface area contributed by atoms with E-state index in [1.807, 2.05) is 20.8 Å². The van der Waals surface area contributed by atoms with Crippen LogP contribution < -0.4 is 0 Å². The molecule has 28 heavy (non-hydrogen) atoms. The molecule has 1 saturated carbocycles. The van der Waals surface area contributed by atoms with Crippen molar-refractivity contribution in [3.05, 3.63) is 29.1 Å². The summed E-state index contributed by atoms with van der Waals surface area (Å²) in [7, 11) is 1.49. The predicted molar refractivity (Wildman–Crippen MR) is 113 cm³/mol. The normalized spacial score (nSPS) is 14.2. The van der Waals surface area contributed by atoms with Crippen LogP contribution in [0.2, 0.25) is 0 Å². The maximum absolute atomic E-state index is 13.4. The van der Waals surface area contributed by atoms with Gasteiger partial charge in [-0.2, -0.15) is 4.39 Å². The number of carbonyl (C=O) groups excluding carboxylic acids is 1. The van der Waals surface area contributed by atoms with Gasteiger partial charge >= 0.3 is 0 Å². The van der Waals surface area contributed by atoms with E-state index in [1.165, 1.54) is 38.5 Å². The molecule has 0 saturated heterocycles. The van der Waals surface area contributed by atoms with E-state index in [0.29, 0.717) is 23.2 Å². The van der Waals surface area contributed by atoms with E-state index in [0.717, 1.165) is 12.2 Å². The van der Waals surface area contributed by atoms with E-state index in [2.05, 4.69) is 11.9 Å². The van der Waals surface area contributed by atoms with Gasteiger partial charge in [0.05, 0.1) is 12.3 Å². The highest BCUT2D eigenvalue weighted by atomic mass is 19.1. The Bertz CT molecular complexity index is 618. The SMILES string of the molecule is CC(C)(C)CC=O.CC1CCC1.CCC(F)=Nc1ccc(F)c(COC)c1C. The highest BCUT2D eigenvalue weighted by molar-refractivity contribution is 5.78. The molecule has 0 radical (unpaired) electrons. The minimum absolute atomic E-state index is 0.161. The average Bonchev–Trinajstić information content (AvgIpc) is 2.59. The van der Waals surface area contributed by atoms with Gasteiger partial charge in [-0.25, -0.2) is 9.38 Å². The Hall–Kier alpha value is -1.62. The van der Waals surface area contributed by atoms with E-state index in [-0.39, 0.29) is 24.3 Å². The van der Waals surface area contributed by atoms with Gasteiger partial charge in [0.15, 0.2) is 5.97 Å². The first-order valence-corrected chi connectivity index (χ1v) is 9.99. The molecule has 5 heteroatoms. The summed E-state index contributed by atoms with van der Waals surface area (Å²) in [6.45, 7) is 12.0. The van der Waals surface area contributed by atoms with Crippen LogP contribution in [0.4, 0.5) is 14.5 Å². The quantitative estimate of drug-likeness (QED) is 0.392. The molecule has 1 aliphatic carbocycles. The molecule has 1 fully saturated rings. The van der Waals surface area contributed by atoms with Gasteiger partial charge in [0.1, 0.15) is 12.1 Å². The molecule has 2 rings (SSSR count). The highest BCUT2D eigenvalue weighted by Gasteiger charge is 2.10. The van der Waals surface area contributed by atoms with Crippen LogP contribution in [0.3, 0.4) is 0 Å². The lowest BCUT2D eigenvalue weighted by molar-refractivity contribution is -0.109. The monoisotopic (exact) mass is 397 g/mol. The summed E-state index contributed by atoms with van der Waals surface area (Å²) in [6, 6.07) is 2.75. The lowest BCUT2D eigenvalue weighted by Crippen LogP contribution is -2.04. The number of aldehydes is 1. The van der Waals surface area contributed by atoms with Crippen molar-refractivity contribution < 1.29 is 18.3 Å². The molecule has 1 aromatic rings. The molecule has 0 atom stereocenters. The number of carbonyl (C=O) groups is 1. The van der Waals surface area contributed by atoms with E-state index in [4.69, 9.17) is 4.74 Å². The fourth-order valence-electron chi connectivity index (χ4n) is 2.23. The Morgan fingerprint density at radius 2 is 1.89 bits per heavy atom. The van der Waals surface area contributed by atoms with Crippen LogP contribution in [0.1, 0.15) is 77.8 Å². The van der Waals surface area contributed by atoms with Gasteiger partial charge in [-0.15, -0.1) is 0 Å². The van der Waals surface area contributed by atoms with Crippen molar-refractivity contribution in [2.45, 2.75) is 80.3 Å². The van der Waals surface area contributed by atoms with Crippen molar-refractivity contribution in [3.8, 4) is 0 Å². The standard InChI is InChI=1S/C12H15F2NO.C6H12O.C5H10/c1-4-12(14)15-11-6-5-10(13)9(7-16-3)8(11)2;1-6(2,3)4-5-7;1-5-3-2-4-5/h5-6H,4,7H2,1-3H3;5H,4H2,1-3H3;5H,2-4H2,1H3. The summed E-state index contributed by atoms with van der Waals surface area (Å²) in [4.78, 5) is 13.6. The Morgan fingerprint density at radius 3 is 2.21 bits per heavy atom. The number of ether oxygens (including phenoxy) is 1. The molecule has 0 aliphatic heterocycles. The molecule has 0 unspecified atom stereocenters. The minimum atomic E-state index is -0.460. The molecule has 0 aromatic heterocycles. The highest BCUT2D eigenvalue weighted by Crippen LogP contribution is 2.26. The maximum atomic E-state index is 13.4. The first kappa shape index (κ1) is 26.4. The van der Waals surface area contributed by atoms with E-state index in [9.17, 15) is 13.6 Å². The molecule has 1 aliphatic rings. The summed E-state index contributed by atoms with van der Waals surface area (Å²) in [5.41, 5.74) is 1.67. The second-order valence-corrected chi connectivity index (χ2v) is 8.41. The summed E-state index contributed by atoms with van der Waals surface area (Å²) >= 11 is 0. The maximum Gasteiger partial charge on any atom is 0.189 e. The van der Waals surface area contributed by atoms with Crippen LogP contribution in [0.15, 0.2) is 17.1 Å². The van der Waals surface area contributed by atoms with Gasteiger partial charge in [-0.05, 0) is 36.0 Å². The molecule has 0 spiro atoms. The van der Waals surface area contributed by atoms with Crippen molar-refractivity contribution in [1.82, 2.24) is 0 Å². The second kappa shape index (κ2) is 13.5. The third kappa shape index (κ3) is 11.3. The van der Waals surface area contributed by atoms with Gasteiger partial charge in [-0.3, -0.25) is 0 Å². The summed E-state index contributed by atoms with van der Waals surface area (Å²) in [6.07, 6.45) is 6.31. The zero-order valence-electron chi connectivity index (χ0n) is 18.6. The minimum Gasteiger partial charge on any atom is -0.380 e. The zero-order chi connectivity index (χ0) is 21.7. The lowest BCUT2D eigenvalue weighted by Gasteiger charge is -2.18. The molecule has 0 bridgehead atoms. The van der Waals surface area contributed by atoms with Crippen molar-refractivity contribution in [3.63, 3.8) is 0 Å². The van der Waals surface area contributed by atoms with Crippen LogP contribution in [0, 0.1) is 24.1 Å². The summed E-state index contributed by atoms with van der Waals surface area (Å²) in [5.74, 6) is 0.253. The number of hydrogen-bond acceptors (Lipinski definition) is 3. The number of methoxy groups -OCH3 is 1. The molecular formula is C23H37F2NO2. The summed E-state index contributed by atoms with van der Waals surface area (Å²) < 4.78 is 31.3. The molecular weight excluding hydrogens is 360 g/mol. The zero-order valence-corrected chi connectivity index (χ0v) is 18.6.